The summed E-state index contributed by atoms with van der Waals surface area (Å²) in [4.78, 5) is 40.2. The standard InChI is InChI=1S/C21H22N2O5/c1-27-18-9-7-16(8-10-18)20(25)23-13-11-22(12-14-23)19(24)15-3-5-17(6-4-15)21(26)28-2/h3-10H,11-14H2,1-2H3. The molecular weight excluding hydrogens is 360 g/mol. The molecule has 146 valence electrons. The Morgan fingerprint density at radius 2 is 1.07 bits per heavy atom. The molecule has 0 radical (unpaired) electrons. The fraction of sp³-hybridized carbons (Fsp3) is 0.286. The van der Waals surface area contributed by atoms with E-state index in [2.05, 4.69) is 4.74 Å². The molecule has 0 atom stereocenters. The molecule has 2 aromatic carbocycles. The van der Waals surface area contributed by atoms with Crippen LogP contribution in [0.4, 0.5) is 0 Å². The maximum Gasteiger partial charge on any atom is 0.337 e. The van der Waals surface area contributed by atoms with E-state index in [-0.39, 0.29) is 11.8 Å². The quantitative estimate of drug-likeness (QED) is 0.757. The molecule has 1 aliphatic rings. The molecule has 1 fully saturated rings. The Hall–Kier alpha value is -3.35. The monoisotopic (exact) mass is 382 g/mol. The Morgan fingerprint density at radius 1 is 0.679 bits per heavy atom. The van der Waals surface area contributed by atoms with Crippen LogP contribution in [0.1, 0.15) is 31.1 Å². The van der Waals surface area contributed by atoms with Crippen molar-refractivity contribution in [2.75, 3.05) is 40.4 Å². The van der Waals surface area contributed by atoms with Gasteiger partial charge in [0.2, 0.25) is 0 Å². The highest BCUT2D eigenvalue weighted by molar-refractivity contribution is 5.97. The number of carbonyl (C=O) groups excluding carboxylic acids is 3. The number of rotatable bonds is 4. The highest BCUT2D eigenvalue weighted by Gasteiger charge is 2.25. The van der Waals surface area contributed by atoms with E-state index in [0.29, 0.717) is 48.6 Å². The first-order valence-electron chi connectivity index (χ1n) is 8.94. The van der Waals surface area contributed by atoms with Crippen molar-refractivity contribution in [1.29, 1.82) is 0 Å². The number of benzene rings is 2. The number of ether oxygens (including phenoxy) is 2. The van der Waals surface area contributed by atoms with Crippen LogP contribution >= 0.6 is 0 Å². The number of piperazine rings is 1. The van der Waals surface area contributed by atoms with E-state index < -0.39 is 5.97 Å². The summed E-state index contributed by atoms with van der Waals surface area (Å²) in [5, 5.41) is 0. The number of hydrogen-bond donors (Lipinski definition) is 0. The van der Waals surface area contributed by atoms with Gasteiger partial charge in [0.25, 0.3) is 11.8 Å². The Labute approximate surface area is 163 Å². The van der Waals surface area contributed by atoms with E-state index in [1.807, 2.05) is 0 Å². The maximum atomic E-state index is 12.7. The molecule has 0 aliphatic carbocycles. The molecule has 0 unspecified atom stereocenters. The summed E-state index contributed by atoms with van der Waals surface area (Å²) < 4.78 is 9.77. The molecule has 7 heteroatoms. The van der Waals surface area contributed by atoms with Crippen LogP contribution in [0.3, 0.4) is 0 Å². The summed E-state index contributed by atoms with van der Waals surface area (Å²) in [6.07, 6.45) is 0. The predicted molar refractivity (Wildman–Crippen MR) is 103 cm³/mol. The lowest BCUT2D eigenvalue weighted by molar-refractivity contribution is 0.0535. The van der Waals surface area contributed by atoms with Gasteiger partial charge in [-0.2, -0.15) is 0 Å². The minimum atomic E-state index is -0.440. The fourth-order valence-electron chi connectivity index (χ4n) is 3.08. The minimum Gasteiger partial charge on any atom is -0.497 e. The molecule has 1 saturated heterocycles. The van der Waals surface area contributed by atoms with Gasteiger partial charge in [0.05, 0.1) is 19.8 Å². The SMILES string of the molecule is COC(=O)c1ccc(C(=O)N2CCN(C(=O)c3ccc(OC)cc3)CC2)cc1. The van der Waals surface area contributed by atoms with Crippen LogP contribution in [-0.2, 0) is 4.74 Å². The van der Waals surface area contributed by atoms with Gasteiger partial charge in [-0.1, -0.05) is 0 Å². The van der Waals surface area contributed by atoms with E-state index in [4.69, 9.17) is 4.74 Å². The average molecular weight is 382 g/mol. The van der Waals surface area contributed by atoms with Gasteiger partial charge in [0.1, 0.15) is 5.75 Å². The van der Waals surface area contributed by atoms with Crippen LogP contribution in [-0.4, -0.2) is 68.0 Å². The molecule has 0 saturated carbocycles. The van der Waals surface area contributed by atoms with Crippen LogP contribution in [0.15, 0.2) is 48.5 Å². The summed E-state index contributed by atoms with van der Waals surface area (Å²) in [6.45, 7) is 1.85. The van der Waals surface area contributed by atoms with Gasteiger partial charge in [0, 0.05) is 37.3 Å². The van der Waals surface area contributed by atoms with Gasteiger partial charge in [-0.25, -0.2) is 4.79 Å². The van der Waals surface area contributed by atoms with Crippen molar-refractivity contribution < 1.29 is 23.9 Å². The zero-order valence-corrected chi connectivity index (χ0v) is 15.9. The van der Waals surface area contributed by atoms with Crippen LogP contribution < -0.4 is 4.74 Å². The van der Waals surface area contributed by atoms with Crippen LogP contribution in [0.5, 0.6) is 5.75 Å². The third-order valence-corrected chi connectivity index (χ3v) is 4.74. The van der Waals surface area contributed by atoms with E-state index in [9.17, 15) is 14.4 Å². The van der Waals surface area contributed by atoms with E-state index in [0.717, 1.165) is 0 Å². The van der Waals surface area contributed by atoms with E-state index >= 15 is 0 Å². The van der Waals surface area contributed by atoms with Crippen molar-refractivity contribution in [1.82, 2.24) is 9.80 Å². The zero-order valence-electron chi connectivity index (χ0n) is 15.9. The van der Waals surface area contributed by atoms with Crippen molar-refractivity contribution in [3.8, 4) is 5.75 Å². The average Bonchev–Trinajstić information content (AvgIpc) is 2.78. The second-order valence-corrected chi connectivity index (χ2v) is 6.38. The molecular formula is C21H22N2O5. The van der Waals surface area contributed by atoms with Crippen molar-refractivity contribution in [2.24, 2.45) is 0 Å². The number of methoxy groups -OCH3 is 2. The maximum absolute atomic E-state index is 12.7. The molecule has 1 aliphatic heterocycles. The Balaban J connectivity index is 1.59. The van der Waals surface area contributed by atoms with E-state index in [1.165, 1.54) is 7.11 Å². The van der Waals surface area contributed by atoms with Gasteiger partial charge < -0.3 is 19.3 Å². The van der Waals surface area contributed by atoms with E-state index in [1.54, 1.807) is 65.4 Å². The van der Waals surface area contributed by atoms with Crippen LogP contribution in [0.2, 0.25) is 0 Å². The molecule has 0 aromatic heterocycles. The third kappa shape index (κ3) is 4.14. The second kappa shape index (κ2) is 8.56. The van der Waals surface area contributed by atoms with Crippen molar-refractivity contribution in [2.45, 2.75) is 0 Å². The van der Waals surface area contributed by atoms with Gasteiger partial charge in [-0.15, -0.1) is 0 Å². The Morgan fingerprint density at radius 3 is 1.46 bits per heavy atom. The summed E-state index contributed by atoms with van der Waals surface area (Å²) in [7, 11) is 2.89. The minimum absolute atomic E-state index is 0.0582. The zero-order chi connectivity index (χ0) is 20.1. The molecule has 0 N–H and O–H groups in total. The molecule has 2 amide bonds. The smallest absolute Gasteiger partial charge is 0.337 e. The largest absolute Gasteiger partial charge is 0.497 e. The number of hydrogen-bond acceptors (Lipinski definition) is 5. The molecule has 7 nitrogen and oxygen atoms in total. The van der Waals surface area contributed by atoms with Crippen LogP contribution in [0.25, 0.3) is 0 Å². The van der Waals surface area contributed by atoms with Gasteiger partial charge in [-0.3, -0.25) is 9.59 Å². The Bertz CT molecular complexity index is 853. The number of nitrogens with zero attached hydrogens (tertiary/aromatic N) is 2. The summed E-state index contributed by atoms with van der Waals surface area (Å²) in [6, 6.07) is 13.4. The number of esters is 1. The van der Waals surface area contributed by atoms with Gasteiger partial charge in [0.15, 0.2) is 0 Å². The normalized spacial score (nSPS) is 13.8. The number of carbonyl (C=O) groups is 3. The van der Waals surface area contributed by atoms with Crippen molar-refractivity contribution >= 4 is 17.8 Å². The first kappa shape index (κ1) is 19.4. The molecule has 0 bridgehead atoms. The number of amides is 2. The summed E-state index contributed by atoms with van der Waals surface area (Å²) in [5.74, 6) is 0.0833. The lowest BCUT2D eigenvalue weighted by Crippen LogP contribution is -2.50. The molecule has 2 aromatic rings. The highest BCUT2D eigenvalue weighted by Crippen LogP contribution is 2.16. The molecule has 3 rings (SSSR count). The molecule has 1 heterocycles. The lowest BCUT2D eigenvalue weighted by atomic mass is 10.1. The van der Waals surface area contributed by atoms with Crippen molar-refractivity contribution in [3.63, 3.8) is 0 Å². The first-order chi connectivity index (χ1) is 13.5. The molecule has 0 spiro atoms. The van der Waals surface area contributed by atoms with Crippen molar-refractivity contribution in [3.05, 3.63) is 65.2 Å². The predicted octanol–water partition coefficient (Wildman–Crippen LogP) is 2.08. The second-order valence-electron chi connectivity index (χ2n) is 6.38. The van der Waals surface area contributed by atoms with Crippen LogP contribution in [0, 0.1) is 0 Å². The third-order valence-electron chi connectivity index (χ3n) is 4.74. The molecule has 28 heavy (non-hydrogen) atoms. The lowest BCUT2D eigenvalue weighted by Gasteiger charge is -2.35. The topological polar surface area (TPSA) is 76.2 Å². The Kier molecular flexibility index (Phi) is 5.93. The van der Waals surface area contributed by atoms with Gasteiger partial charge in [-0.05, 0) is 48.5 Å². The highest BCUT2D eigenvalue weighted by atomic mass is 16.5. The fourth-order valence-corrected chi connectivity index (χ4v) is 3.08. The first-order valence-corrected chi connectivity index (χ1v) is 8.94. The summed E-state index contributed by atoms with van der Waals surface area (Å²) >= 11 is 0. The van der Waals surface area contributed by atoms with Gasteiger partial charge >= 0.3 is 5.97 Å². The summed E-state index contributed by atoms with van der Waals surface area (Å²) in [5.41, 5.74) is 1.50.